The van der Waals surface area contributed by atoms with E-state index in [9.17, 15) is 4.79 Å². The van der Waals surface area contributed by atoms with E-state index in [1.807, 2.05) is 0 Å². The third kappa shape index (κ3) is 2.99. The maximum atomic E-state index is 10.8. The SMILES string of the molecule is CC(C)CSc1nccnc1C(=O)O. The van der Waals surface area contributed by atoms with Crippen molar-refractivity contribution in [3.63, 3.8) is 0 Å². The number of rotatable bonds is 4. The number of hydrogen-bond donors (Lipinski definition) is 1. The largest absolute Gasteiger partial charge is 0.476 e. The number of carboxylic acid groups (broad SMARTS) is 1. The summed E-state index contributed by atoms with van der Waals surface area (Å²) in [6.07, 6.45) is 2.90. The molecule has 0 saturated heterocycles. The van der Waals surface area contributed by atoms with E-state index in [4.69, 9.17) is 5.11 Å². The maximum Gasteiger partial charge on any atom is 0.357 e. The summed E-state index contributed by atoms with van der Waals surface area (Å²) in [5.41, 5.74) is 0.0400. The Kier molecular flexibility index (Phi) is 3.88. The molecule has 1 N–H and O–H groups in total. The molecule has 1 aromatic heterocycles. The molecule has 0 spiro atoms. The van der Waals surface area contributed by atoms with Crippen molar-refractivity contribution >= 4 is 17.7 Å². The quantitative estimate of drug-likeness (QED) is 0.772. The highest BCUT2D eigenvalue weighted by Gasteiger charge is 2.12. The Labute approximate surface area is 86.8 Å². The number of thioether (sulfide) groups is 1. The molecule has 0 aliphatic rings. The zero-order chi connectivity index (χ0) is 10.6. The van der Waals surface area contributed by atoms with Crippen LogP contribution in [-0.4, -0.2) is 26.8 Å². The van der Waals surface area contributed by atoms with Crippen LogP contribution in [0.4, 0.5) is 0 Å². The molecule has 1 rings (SSSR count). The third-order valence-electron chi connectivity index (χ3n) is 1.42. The number of aromatic nitrogens is 2. The van der Waals surface area contributed by atoms with Gasteiger partial charge in [-0.15, -0.1) is 11.8 Å². The minimum Gasteiger partial charge on any atom is -0.476 e. The summed E-state index contributed by atoms with van der Waals surface area (Å²) in [7, 11) is 0. The molecule has 0 bridgehead atoms. The van der Waals surface area contributed by atoms with Gasteiger partial charge in [-0.05, 0) is 5.92 Å². The van der Waals surface area contributed by atoms with Crippen molar-refractivity contribution in [3.8, 4) is 0 Å². The van der Waals surface area contributed by atoms with Gasteiger partial charge in [-0.1, -0.05) is 13.8 Å². The minimum atomic E-state index is -1.02. The van der Waals surface area contributed by atoms with E-state index in [1.165, 1.54) is 24.2 Å². The molecule has 5 heteroatoms. The molecule has 1 aromatic rings. The molecular formula is C9H12N2O2S. The van der Waals surface area contributed by atoms with Gasteiger partial charge in [0.2, 0.25) is 0 Å². The number of aromatic carboxylic acids is 1. The lowest BCUT2D eigenvalue weighted by molar-refractivity contribution is 0.0685. The molecule has 14 heavy (non-hydrogen) atoms. The van der Waals surface area contributed by atoms with E-state index in [0.29, 0.717) is 10.9 Å². The monoisotopic (exact) mass is 212 g/mol. The lowest BCUT2D eigenvalue weighted by Gasteiger charge is -2.05. The predicted octanol–water partition coefficient (Wildman–Crippen LogP) is 1.92. The van der Waals surface area contributed by atoms with Gasteiger partial charge in [-0.3, -0.25) is 0 Å². The van der Waals surface area contributed by atoms with Gasteiger partial charge in [0.25, 0.3) is 0 Å². The highest BCUT2D eigenvalue weighted by Crippen LogP contribution is 2.20. The maximum absolute atomic E-state index is 10.8. The van der Waals surface area contributed by atoms with Crippen molar-refractivity contribution in [3.05, 3.63) is 18.1 Å². The van der Waals surface area contributed by atoms with Crippen LogP contribution in [-0.2, 0) is 0 Å². The van der Waals surface area contributed by atoms with Crippen LogP contribution >= 0.6 is 11.8 Å². The highest BCUT2D eigenvalue weighted by atomic mass is 32.2. The Balaban J connectivity index is 2.79. The average molecular weight is 212 g/mol. The number of carboxylic acids is 1. The zero-order valence-corrected chi connectivity index (χ0v) is 8.91. The Hall–Kier alpha value is -1.10. The number of nitrogens with zero attached hydrogens (tertiary/aromatic N) is 2. The second-order valence-corrected chi connectivity index (χ2v) is 4.23. The van der Waals surface area contributed by atoms with Gasteiger partial charge in [0, 0.05) is 18.1 Å². The van der Waals surface area contributed by atoms with Gasteiger partial charge in [0.15, 0.2) is 5.69 Å². The van der Waals surface area contributed by atoms with Gasteiger partial charge in [0.05, 0.1) is 0 Å². The van der Waals surface area contributed by atoms with Gasteiger partial charge < -0.3 is 5.11 Å². The lowest BCUT2D eigenvalue weighted by Crippen LogP contribution is -2.04. The zero-order valence-electron chi connectivity index (χ0n) is 8.10. The molecule has 0 saturated carbocycles. The van der Waals surface area contributed by atoms with E-state index in [1.54, 1.807) is 0 Å². The molecule has 0 fully saturated rings. The summed E-state index contributed by atoms with van der Waals surface area (Å²) < 4.78 is 0. The summed E-state index contributed by atoms with van der Waals surface area (Å²) in [4.78, 5) is 18.5. The first-order chi connectivity index (χ1) is 6.61. The fourth-order valence-corrected chi connectivity index (χ4v) is 1.73. The first-order valence-electron chi connectivity index (χ1n) is 4.28. The summed E-state index contributed by atoms with van der Waals surface area (Å²) >= 11 is 1.43. The fraction of sp³-hybridized carbons (Fsp3) is 0.444. The molecule has 76 valence electrons. The Morgan fingerprint density at radius 1 is 1.50 bits per heavy atom. The summed E-state index contributed by atoms with van der Waals surface area (Å²) in [5.74, 6) is 0.326. The summed E-state index contributed by atoms with van der Waals surface area (Å²) in [6.45, 7) is 4.15. The van der Waals surface area contributed by atoms with Crippen LogP contribution in [0.1, 0.15) is 24.3 Å². The number of carbonyl (C=O) groups is 1. The van der Waals surface area contributed by atoms with Gasteiger partial charge >= 0.3 is 5.97 Å². The Morgan fingerprint density at radius 2 is 2.14 bits per heavy atom. The van der Waals surface area contributed by atoms with Crippen molar-refractivity contribution in [1.29, 1.82) is 0 Å². The minimum absolute atomic E-state index is 0.0400. The second-order valence-electron chi connectivity index (χ2n) is 3.22. The molecule has 0 aromatic carbocycles. The van der Waals surface area contributed by atoms with Crippen molar-refractivity contribution in [2.75, 3.05) is 5.75 Å². The van der Waals surface area contributed by atoms with E-state index < -0.39 is 5.97 Å². The van der Waals surface area contributed by atoms with Gasteiger partial charge in [0.1, 0.15) is 5.03 Å². The molecule has 1 heterocycles. The van der Waals surface area contributed by atoms with E-state index >= 15 is 0 Å². The molecule has 0 radical (unpaired) electrons. The van der Waals surface area contributed by atoms with Crippen LogP contribution in [0.3, 0.4) is 0 Å². The van der Waals surface area contributed by atoms with E-state index in [2.05, 4.69) is 23.8 Å². The van der Waals surface area contributed by atoms with Gasteiger partial charge in [-0.25, -0.2) is 14.8 Å². The smallest absolute Gasteiger partial charge is 0.357 e. The van der Waals surface area contributed by atoms with Crippen LogP contribution in [0.5, 0.6) is 0 Å². The first kappa shape index (κ1) is 11.0. The first-order valence-corrected chi connectivity index (χ1v) is 5.27. The normalized spacial score (nSPS) is 10.5. The number of hydrogen-bond acceptors (Lipinski definition) is 4. The molecule has 4 nitrogen and oxygen atoms in total. The van der Waals surface area contributed by atoms with E-state index in [-0.39, 0.29) is 5.69 Å². The Bertz CT molecular complexity index is 328. The fourth-order valence-electron chi connectivity index (χ4n) is 0.823. The summed E-state index contributed by atoms with van der Waals surface area (Å²) in [6, 6.07) is 0. The lowest BCUT2D eigenvalue weighted by atomic mass is 10.3. The average Bonchev–Trinajstić information content (AvgIpc) is 2.15. The molecule has 0 aliphatic carbocycles. The second kappa shape index (κ2) is 4.95. The van der Waals surface area contributed by atoms with Crippen molar-refractivity contribution in [1.82, 2.24) is 9.97 Å². The van der Waals surface area contributed by atoms with E-state index in [0.717, 1.165) is 5.75 Å². The molecule has 0 aliphatic heterocycles. The van der Waals surface area contributed by atoms with Crippen LogP contribution in [0.2, 0.25) is 0 Å². The molecular weight excluding hydrogens is 200 g/mol. The standard InChI is InChI=1S/C9H12N2O2S/c1-6(2)5-14-8-7(9(12)13)10-3-4-11-8/h3-4,6H,5H2,1-2H3,(H,12,13). The topological polar surface area (TPSA) is 63.1 Å². The molecule has 0 atom stereocenters. The predicted molar refractivity (Wildman–Crippen MR) is 54.6 cm³/mol. The molecule has 0 amide bonds. The van der Waals surface area contributed by atoms with Crippen molar-refractivity contribution in [2.45, 2.75) is 18.9 Å². The Morgan fingerprint density at radius 3 is 2.71 bits per heavy atom. The molecule has 0 unspecified atom stereocenters. The van der Waals surface area contributed by atoms with Crippen LogP contribution in [0.25, 0.3) is 0 Å². The van der Waals surface area contributed by atoms with Crippen LogP contribution in [0.15, 0.2) is 17.4 Å². The van der Waals surface area contributed by atoms with Crippen LogP contribution < -0.4 is 0 Å². The highest BCUT2D eigenvalue weighted by molar-refractivity contribution is 7.99. The van der Waals surface area contributed by atoms with Crippen molar-refractivity contribution < 1.29 is 9.90 Å². The van der Waals surface area contributed by atoms with Crippen molar-refractivity contribution in [2.24, 2.45) is 5.92 Å². The van der Waals surface area contributed by atoms with Gasteiger partial charge in [-0.2, -0.15) is 0 Å². The van der Waals surface area contributed by atoms with Crippen LogP contribution in [0, 0.1) is 5.92 Å². The third-order valence-corrected chi connectivity index (χ3v) is 2.83. The summed E-state index contributed by atoms with van der Waals surface area (Å²) in [5, 5.41) is 9.31.